The van der Waals surface area contributed by atoms with Crippen molar-refractivity contribution in [3.63, 3.8) is 0 Å². The van der Waals surface area contributed by atoms with Crippen LogP contribution in [0.2, 0.25) is 0 Å². The van der Waals surface area contributed by atoms with E-state index in [-0.39, 0.29) is 23.5 Å². The molecule has 1 saturated carbocycles. The van der Waals surface area contributed by atoms with Crippen LogP contribution in [-0.2, 0) is 22.4 Å². The maximum atomic E-state index is 12.2. The number of rotatable bonds is 4. The molecular weight excluding hydrogens is 392 g/mol. The van der Waals surface area contributed by atoms with E-state index in [1.165, 1.54) is 35.0 Å². The lowest BCUT2D eigenvalue weighted by Gasteiger charge is -2.20. The van der Waals surface area contributed by atoms with E-state index in [9.17, 15) is 9.59 Å². The van der Waals surface area contributed by atoms with E-state index in [4.69, 9.17) is 0 Å². The van der Waals surface area contributed by atoms with Gasteiger partial charge in [0.15, 0.2) is 0 Å². The monoisotopic (exact) mass is 418 g/mol. The number of hydrogen-bond acceptors (Lipinski definition) is 6. The quantitative estimate of drug-likeness (QED) is 0.450. The number of fused-ring (bicyclic) bond motifs is 3. The Kier molecular flexibility index (Phi) is 6.16. The fourth-order valence-electron chi connectivity index (χ4n) is 4.12. The fraction of sp³-hybridized carbons (Fsp3) is 0.600. The predicted octanol–water partition coefficient (Wildman–Crippen LogP) is 3.64. The molecule has 2 aromatic rings. The van der Waals surface area contributed by atoms with Gasteiger partial charge in [0.1, 0.15) is 16.2 Å². The number of nitrogens with zero attached hydrogens (tertiary/aromatic N) is 2. The van der Waals surface area contributed by atoms with Gasteiger partial charge in [-0.2, -0.15) is 0 Å². The van der Waals surface area contributed by atoms with Gasteiger partial charge in [0, 0.05) is 16.2 Å². The van der Waals surface area contributed by atoms with Gasteiger partial charge in [-0.05, 0) is 43.6 Å². The summed E-state index contributed by atoms with van der Waals surface area (Å²) in [6.07, 6.45) is 10.1. The summed E-state index contributed by atoms with van der Waals surface area (Å²) in [6.45, 7) is 2.29. The first-order valence-electron chi connectivity index (χ1n) is 10.1. The largest absolute Gasteiger partial charge is 0.273 e. The van der Waals surface area contributed by atoms with Crippen molar-refractivity contribution in [2.45, 2.75) is 63.3 Å². The summed E-state index contributed by atoms with van der Waals surface area (Å²) in [5.74, 6) is 0.686. The van der Waals surface area contributed by atoms with E-state index in [2.05, 4.69) is 27.7 Å². The summed E-state index contributed by atoms with van der Waals surface area (Å²) in [4.78, 5) is 35.7. The Morgan fingerprint density at radius 2 is 2.00 bits per heavy atom. The van der Waals surface area contributed by atoms with Gasteiger partial charge in [0.2, 0.25) is 11.8 Å². The lowest BCUT2D eigenvalue weighted by Crippen LogP contribution is -2.45. The Labute approximate surface area is 173 Å². The van der Waals surface area contributed by atoms with Crippen molar-refractivity contribution in [3.8, 4) is 0 Å². The van der Waals surface area contributed by atoms with Crippen molar-refractivity contribution in [1.29, 1.82) is 0 Å². The molecule has 0 aliphatic heterocycles. The summed E-state index contributed by atoms with van der Waals surface area (Å²) in [5.41, 5.74) is 6.52. The number of aryl methyl sites for hydroxylation is 1. The van der Waals surface area contributed by atoms with Crippen molar-refractivity contribution in [3.05, 3.63) is 16.8 Å². The van der Waals surface area contributed by atoms with E-state index >= 15 is 0 Å². The van der Waals surface area contributed by atoms with Crippen molar-refractivity contribution in [2.75, 3.05) is 5.75 Å². The SMILES string of the molecule is C[C@@H]1CCc2c(sc3ncnc(SCC(=O)NNC(=O)C4CCCCC4)c23)C1. The highest BCUT2D eigenvalue weighted by Gasteiger charge is 2.24. The molecule has 150 valence electrons. The number of aromatic nitrogens is 2. The third-order valence-corrected chi connectivity index (χ3v) is 7.85. The van der Waals surface area contributed by atoms with Crippen molar-refractivity contribution < 1.29 is 9.59 Å². The summed E-state index contributed by atoms with van der Waals surface area (Å²) in [7, 11) is 0. The zero-order valence-corrected chi connectivity index (χ0v) is 17.8. The second kappa shape index (κ2) is 8.78. The van der Waals surface area contributed by atoms with Crippen LogP contribution in [0.5, 0.6) is 0 Å². The van der Waals surface area contributed by atoms with Gasteiger partial charge in [-0.3, -0.25) is 20.4 Å². The van der Waals surface area contributed by atoms with Gasteiger partial charge >= 0.3 is 0 Å². The average molecular weight is 419 g/mol. The van der Waals surface area contributed by atoms with Crippen LogP contribution in [0, 0.1) is 11.8 Å². The molecule has 2 aromatic heterocycles. The Balaban J connectivity index is 1.36. The molecule has 2 N–H and O–H groups in total. The first kappa shape index (κ1) is 19.6. The smallest absolute Gasteiger partial charge is 0.248 e. The van der Waals surface area contributed by atoms with Gasteiger partial charge in [0.05, 0.1) is 5.75 Å². The van der Waals surface area contributed by atoms with Crippen LogP contribution >= 0.6 is 23.1 Å². The normalized spacial score (nSPS) is 20.0. The number of carbonyl (C=O) groups excluding carboxylic acids is 2. The van der Waals surface area contributed by atoms with Crippen LogP contribution in [0.15, 0.2) is 11.4 Å². The summed E-state index contributed by atoms with van der Waals surface area (Å²) in [5, 5.41) is 1.99. The predicted molar refractivity (Wildman–Crippen MR) is 112 cm³/mol. The molecule has 0 spiro atoms. The van der Waals surface area contributed by atoms with E-state index in [0.29, 0.717) is 5.92 Å². The van der Waals surface area contributed by atoms with Crippen molar-refractivity contribution >= 4 is 45.1 Å². The molecule has 0 unspecified atom stereocenters. The zero-order valence-electron chi connectivity index (χ0n) is 16.1. The van der Waals surface area contributed by atoms with Gasteiger partial charge in [0.25, 0.3) is 0 Å². The van der Waals surface area contributed by atoms with E-state index < -0.39 is 0 Å². The summed E-state index contributed by atoms with van der Waals surface area (Å²) >= 11 is 3.18. The Hall–Kier alpha value is -1.67. The van der Waals surface area contributed by atoms with Crippen LogP contribution in [0.1, 0.15) is 55.9 Å². The highest BCUT2D eigenvalue weighted by molar-refractivity contribution is 8.00. The van der Waals surface area contributed by atoms with Crippen LogP contribution in [0.4, 0.5) is 0 Å². The number of carbonyl (C=O) groups is 2. The van der Waals surface area contributed by atoms with Gasteiger partial charge in [-0.25, -0.2) is 9.97 Å². The number of nitrogens with one attached hydrogen (secondary N) is 2. The molecule has 6 nitrogen and oxygen atoms in total. The molecule has 2 amide bonds. The maximum Gasteiger partial charge on any atom is 0.248 e. The minimum atomic E-state index is -0.210. The van der Waals surface area contributed by atoms with Crippen LogP contribution in [-0.4, -0.2) is 27.5 Å². The highest BCUT2D eigenvalue weighted by Crippen LogP contribution is 2.40. The zero-order chi connectivity index (χ0) is 19.5. The summed E-state index contributed by atoms with van der Waals surface area (Å²) in [6, 6.07) is 0. The Bertz CT molecular complexity index is 876. The number of thioether (sulfide) groups is 1. The summed E-state index contributed by atoms with van der Waals surface area (Å²) < 4.78 is 0. The second-order valence-electron chi connectivity index (χ2n) is 7.87. The lowest BCUT2D eigenvalue weighted by molar-refractivity contribution is -0.131. The van der Waals surface area contributed by atoms with Gasteiger partial charge in [-0.1, -0.05) is 37.9 Å². The molecule has 0 aromatic carbocycles. The third kappa shape index (κ3) is 4.33. The number of hydrazine groups is 1. The van der Waals surface area contributed by atoms with Crippen LogP contribution in [0.3, 0.4) is 0 Å². The maximum absolute atomic E-state index is 12.2. The number of amides is 2. The minimum absolute atomic E-state index is 0.0305. The molecular formula is C20H26N4O2S2. The molecule has 0 bridgehead atoms. The molecule has 1 fully saturated rings. The standard InChI is InChI=1S/C20H26N4O2S2/c1-12-7-8-14-15(9-12)28-20-17(14)19(21-11-22-20)27-10-16(25)23-24-18(26)13-5-3-2-4-6-13/h11-13H,2-10H2,1H3,(H,23,25)(H,24,26)/t12-/m1/s1. The number of thiophene rings is 1. The van der Waals surface area contributed by atoms with Crippen molar-refractivity contribution in [2.24, 2.45) is 11.8 Å². The molecule has 2 aliphatic rings. The first-order valence-corrected chi connectivity index (χ1v) is 11.9. The molecule has 2 heterocycles. The molecule has 2 aliphatic carbocycles. The van der Waals surface area contributed by atoms with E-state index in [1.54, 1.807) is 17.7 Å². The first-order chi connectivity index (χ1) is 13.6. The fourth-order valence-corrected chi connectivity index (χ4v) is 6.36. The van der Waals surface area contributed by atoms with Crippen molar-refractivity contribution in [1.82, 2.24) is 20.8 Å². The number of hydrogen-bond donors (Lipinski definition) is 2. The van der Waals surface area contributed by atoms with E-state index in [1.807, 2.05) is 0 Å². The molecule has 8 heteroatoms. The van der Waals surface area contributed by atoms with Gasteiger partial charge < -0.3 is 0 Å². The molecule has 28 heavy (non-hydrogen) atoms. The average Bonchev–Trinajstić information content (AvgIpc) is 3.09. The Morgan fingerprint density at radius 1 is 1.18 bits per heavy atom. The lowest BCUT2D eigenvalue weighted by atomic mass is 9.89. The van der Waals surface area contributed by atoms with Crippen LogP contribution < -0.4 is 10.9 Å². The van der Waals surface area contributed by atoms with E-state index in [0.717, 1.165) is 53.8 Å². The second-order valence-corrected chi connectivity index (χ2v) is 9.92. The highest BCUT2D eigenvalue weighted by atomic mass is 32.2. The Morgan fingerprint density at radius 3 is 2.82 bits per heavy atom. The molecule has 0 saturated heterocycles. The van der Waals surface area contributed by atoms with Gasteiger partial charge in [-0.15, -0.1) is 11.3 Å². The molecule has 1 atom stereocenters. The third-order valence-electron chi connectivity index (χ3n) is 5.70. The molecule has 0 radical (unpaired) electrons. The minimum Gasteiger partial charge on any atom is -0.273 e. The molecule has 4 rings (SSSR count). The topological polar surface area (TPSA) is 84.0 Å². The van der Waals surface area contributed by atoms with Crippen LogP contribution in [0.25, 0.3) is 10.2 Å².